The van der Waals surface area contributed by atoms with Gasteiger partial charge in [-0.2, -0.15) is 0 Å². The maximum absolute atomic E-state index is 2.60. The zero-order valence-electron chi connectivity index (χ0n) is 9.24. The Balaban J connectivity index is 2.00. The van der Waals surface area contributed by atoms with Gasteiger partial charge in [0, 0.05) is 31.7 Å². The minimum atomic E-state index is 0.274. The largest absolute Gasteiger partial charge is 0.304 e. The Bertz CT molecular complexity index is 249. The normalized spacial score (nSPS) is 35.0. The highest BCUT2D eigenvalue weighted by Gasteiger charge is 2.30. The highest BCUT2D eigenvalue weighted by atomic mass is 15.3. The second-order valence-corrected chi connectivity index (χ2v) is 4.64. The Kier molecular flexibility index (Phi) is 2.75. The molecule has 1 fully saturated rings. The predicted molar refractivity (Wildman–Crippen MR) is 60.4 cm³/mol. The first kappa shape index (κ1) is 9.94. The third-order valence-electron chi connectivity index (χ3n) is 3.46. The fraction of sp³-hybridized carbons (Fsp3) is 0.667. The first-order chi connectivity index (χ1) is 6.71. The van der Waals surface area contributed by atoms with Crippen LogP contribution in [-0.2, 0) is 0 Å². The van der Waals surface area contributed by atoms with E-state index in [0.29, 0.717) is 0 Å². The lowest BCUT2D eigenvalue weighted by molar-refractivity contribution is 0.0803. The quantitative estimate of drug-likeness (QED) is 0.621. The van der Waals surface area contributed by atoms with E-state index >= 15 is 0 Å². The molecule has 0 saturated carbocycles. The minimum absolute atomic E-state index is 0.274. The van der Waals surface area contributed by atoms with Crippen molar-refractivity contribution in [2.45, 2.75) is 18.9 Å². The molecule has 14 heavy (non-hydrogen) atoms. The number of likely N-dealkylation sites (N-methyl/N-ethyl adjacent to an activating group) is 1. The van der Waals surface area contributed by atoms with E-state index in [4.69, 9.17) is 0 Å². The van der Waals surface area contributed by atoms with Crippen molar-refractivity contribution in [1.82, 2.24) is 9.80 Å². The van der Waals surface area contributed by atoms with E-state index in [-0.39, 0.29) is 5.54 Å². The van der Waals surface area contributed by atoms with Crippen molar-refractivity contribution in [2.24, 2.45) is 0 Å². The van der Waals surface area contributed by atoms with Crippen LogP contribution in [0, 0.1) is 0 Å². The van der Waals surface area contributed by atoms with Gasteiger partial charge >= 0.3 is 0 Å². The Morgan fingerprint density at radius 1 is 1.07 bits per heavy atom. The van der Waals surface area contributed by atoms with Crippen LogP contribution in [0.4, 0.5) is 0 Å². The molecule has 1 unspecified atom stereocenters. The van der Waals surface area contributed by atoms with Gasteiger partial charge in [-0.15, -0.1) is 0 Å². The Morgan fingerprint density at radius 2 is 1.79 bits per heavy atom. The summed E-state index contributed by atoms with van der Waals surface area (Å²) in [6.45, 7) is 7.15. The highest BCUT2D eigenvalue weighted by molar-refractivity contribution is 5.20. The summed E-state index contributed by atoms with van der Waals surface area (Å²) >= 11 is 0. The van der Waals surface area contributed by atoms with E-state index in [0.717, 1.165) is 6.42 Å². The molecule has 0 aromatic heterocycles. The van der Waals surface area contributed by atoms with Crippen LogP contribution in [0.2, 0.25) is 0 Å². The first-order valence-corrected chi connectivity index (χ1v) is 5.49. The number of hydrogen-bond acceptors (Lipinski definition) is 2. The lowest BCUT2D eigenvalue weighted by Crippen LogP contribution is -2.54. The molecule has 1 atom stereocenters. The van der Waals surface area contributed by atoms with E-state index in [9.17, 15) is 0 Å². The number of piperazine rings is 1. The molecule has 0 aromatic rings. The Hall–Kier alpha value is -0.600. The molecule has 2 heteroatoms. The van der Waals surface area contributed by atoms with Crippen molar-refractivity contribution in [3.8, 4) is 0 Å². The van der Waals surface area contributed by atoms with Gasteiger partial charge in [-0.05, 0) is 20.4 Å². The molecule has 2 nitrogen and oxygen atoms in total. The van der Waals surface area contributed by atoms with Crippen molar-refractivity contribution < 1.29 is 0 Å². The fourth-order valence-electron chi connectivity index (χ4n) is 2.27. The smallest absolute Gasteiger partial charge is 0.0401 e. The zero-order chi connectivity index (χ0) is 10.0. The number of nitrogens with zero attached hydrogens (tertiary/aromatic N) is 2. The summed E-state index contributed by atoms with van der Waals surface area (Å²) in [6.07, 6.45) is 10.1. The van der Waals surface area contributed by atoms with Gasteiger partial charge in [-0.1, -0.05) is 24.3 Å². The fourth-order valence-corrected chi connectivity index (χ4v) is 2.27. The van der Waals surface area contributed by atoms with Gasteiger partial charge in [-0.25, -0.2) is 0 Å². The summed E-state index contributed by atoms with van der Waals surface area (Å²) < 4.78 is 0. The van der Waals surface area contributed by atoms with Crippen molar-refractivity contribution in [2.75, 3.05) is 33.2 Å². The van der Waals surface area contributed by atoms with Crippen LogP contribution in [0.25, 0.3) is 0 Å². The van der Waals surface area contributed by atoms with Crippen molar-refractivity contribution in [1.29, 1.82) is 0 Å². The van der Waals surface area contributed by atoms with Crippen molar-refractivity contribution in [3.05, 3.63) is 24.3 Å². The summed E-state index contributed by atoms with van der Waals surface area (Å²) in [5.41, 5.74) is 0.274. The maximum Gasteiger partial charge on any atom is 0.0401 e. The van der Waals surface area contributed by atoms with Crippen LogP contribution < -0.4 is 0 Å². The molecule has 0 bridgehead atoms. The molecule has 0 aromatic carbocycles. The van der Waals surface area contributed by atoms with Gasteiger partial charge in [0.1, 0.15) is 0 Å². The van der Waals surface area contributed by atoms with Crippen LogP contribution in [0.3, 0.4) is 0 Å². The van der Waals surface area contributed by atoms with Gasteiger partial charge < -0.3 is 4.90 Å². The van der Waals surface area contributed by atoms with Crippen LogP contribution in [-0.4, -0.2) is 48.6 Å². The summed E-state index contributed by atoms with van der Waals surface area (Å²) in [5.74, 6) is 0. The minimum Gasteiger partial charge on any atom is -0.304 e. The third kappa shape index (κ3) is 1.91. The molecule has 2 aliphatic rings. The lowest BCUT2D eigenvalue weighted by Gasteiger charge is -2.44. The summed E-state index contributed by atoms with van der Waals surface area (Å²) in [7, 11) is 2.20. The molecule has 1 aliphatic heterocycles. The Labute approximate surface area is 86.9 Å². The monoisotopic (exact) mass is 192 g/mol. The number of rotatable bonds is 1. The molecule has 1 saturated heterocycles. The predicted octanol–water partition coefficient (Wildman–Crippen LogP) is 1.51. The molecule has 0 N–H and O–H groups in total. The van der Waals surface area contributed by atoms with E-state index in [1.54, 1.807) is 0 Å². The van der Waals surface area contributed by atoms with Gasteiger partial charge in [-0.3, -0.25) is 4.90 Å². The maximum atomic E-state index is 2.60. The van der Waals surface area contributed by atoms with Crippen molar-refractivity contribution >= 4 is 0 Å². The molecule has 1 heterocycles. The van der Waals surface area contributed by atoms with Gasteiger partial charge in [0.2, 0.25) is 0 Å². The van der Waals surface area contributed by atoms with Crippen LogP contribution in [0.15, 0.2) is 24.3 Å². The SMILES string of the molecule is CN1CCN(C2(C)C=CC=CC2)CC1. The molecule has 0 radical (unpaired) electrons. The van der Waals surface area contributed by atoms with Gasteiger partial charge in [0.25, 0.3) is 0 Å². The summed E-state index contributed by atoms with van der Waals surface area (Å²) in [5, 5.41) is 0. The van der Waals surface area contributed by atoms with Crippen LogP contribution in [0.5, 0.6) is 0 Å². The van der Waals surface area contributed by atoms with Crippen LogP contribution in [0.1, 0.15) is 13.3 Å². The van der Waals surface area contributed by atoms with E-state index in [1.807, 2.05) is 0 Å². The summed E-state index contributed by atoms with van der Waals surface area (Å²) in [4.78, 5) is 5.01. The topological polar surface area (TPSA) is 6.48 Å². The van der Waals surface area contributed by atoms with Crippen LogP contribution >= 0.6 is 0 Å². The molecule has 2 rings (SSSR count). The third-order valence-corrected chi connectivity index (χ3v) is 3.46. The lowest BCUT2D eigenvalue weighted by atomic mass is 9.91. The second kappa shape index (κ2) is 3.87. The number of allylic oxidation sites excluding steroid dienone is 2. The summed E-state index contributed by atoms with van der Waals surface area (Å²) in [6, 6.07) is 0. The molecule has 0 amide bonds. The van der Waals surface area contributed by atoms with E-state index < -0.39 is 0 Å². The molecule has 0 spiro atoms. The van der Waals surface area contributed by atoms with Crippen molar-refractivity contribution in [3.63, 3.8) is 0 Å². The molecule has 1 aliphatic carbocycles. The zero-order valence-corrected chi connectivity index (χ0v) is 9.24. The number of hydrogen-bond donors (Lipinski definition) is 0. The average molecular weight is 192 g/mol. The van der Waals surface area contributed by atoms with E-state index in [2.05, 4.69) is 48.1 Å². The average Bonchev–Trinajstić information content (AvgIpc) is 2.19. The second-order valence-electron chi connectivity index (χ2n) is 4.64. The highest BCUT2D eigenvalue weighted by Crippen LogP contribution is 2.25. The molecular weight excluding hydrogens is 172 g/mol. The standard InChI is InChI=1S/C12H20N2/c1-12(6-4-3-5-7-12)14-10-8-13(2)9-11-14/h3-6H,7-11H2,1-2H3. The molecular formula is C12H20N2. The Morgan fingerprint density at radius 3 is 2.36 bits per heavy atom. The van der Waals surface area contributed by atoms with Gasteiger partial charge in [0.15, 0.2) is 0 Å². The molecule has 78 valence electrons. The first-order valence-electron chi connectivity index (χ1n) is 5.49. The van der Waals surface area contributed by atoms with E-state index in [1.165, 1.54) is 26.2 Å². The van der Waals surface area contributed by atoms with Gasteiger partial charge in [0.05, 0.1) is 0 Å².